The van der Waals surface area contributed by atoms with Gasteiger partial charge in [-0.3, -0.25) is 9.69 Å². The van der Waals surface area contributed by atoms with Crippen LogP contribution in [0.2, 0.25) is 0 Å². The molecule has 0 spiro atoms. The zero-order valence-corrected chi connectivity index (χ0v) is 17.8. The molecule has 1 N–H and O–H groups in total. The highest BCUT2D eigenvalue weighted by Crippen LogP contribution is 2.40. The molecular weight excluding hydrogens is 414 g/mol. The van der Waals surface area contributed by atoms with Crippen molar-refractivity contribution in [2.24, 2.45) is 0 Å². The maximum absolute atomic E-state index is 12.4. The van der Waals surface area contributed by atoms with Gasteiger partial charge in [-0.15, -0.1) is 0 Å². The van der Waals surface area contributed by atoms with Gasteiger partial charge in [-0.05, 0) is 43.0 Å². The molecule has 1 atom stereocenters. The molecule has 0 unspecified atom stereocenters. The molecule has 1 saturated heterocycles. The van der Waals surface area contributed by atoms with E-state index in [9.17, 15) is 9.59 Å². The Labute approximate surface area is 184 Å². The second kappa shape index (κ2) is 8.07. The van der Waals surface area contributed by atoms with Gasteiger partial charge >= 0.3 is 6.09 Å². The monoisotopic (exact) mass is 437 g/mol. The number of aromatic nitrogens is 1. The minimum atomic E-state index is -0.412. The Morgan fingerprint density at radius 2 is 2.19 bits per heavy atom. The summed E-state index contributed by atoms with van der Waals surface area (Å²) in [5.41, 5.74) is 5.44. The molecular formula is C23H23N3O6. The number of ether oxygens (including phenoxy) is 2. The van der Waals surface area contributed by atoms with Crippen molar-refractivity contribution in [2.45, 2.75) is 32.3 Å². The van der Waals surface area contributed by atoms with Crippen LogP contribution in [0.5, 0.6) is 5.95 Å². The van der Waals surface area contributed by atoms with Crippen molar-refractivity contribution in [3.05, 3.63) is 41.7 Å². The highest BCUT2D eigenvalue weighted by Gasteiger charge is 2.33. The van der Waals surface area contributed by atoms with Crippen LogP contribution in [0, 0.1) is 0 Å². The first-order valence-electron chi connectivity index (χ1n) is 10.5. The summed E-state index contributed by atoms with van der Waals surface area (Å²) in [7, 11) is 1.55. The summed E-state index contributed by atoms with van der Waals surface area (Å²) in [6.07, 6.45) is 3.41. The van der Waals surface area contributed by atoms with Crippen molar-refractivity contribution in [1.29, 1.82) is 0 Å². The Balaban J connectivity index is 1.42. The second-order valence-electron chi connectivity index (χ2n) is 7.95. The summed E-state index contributed by atoms with van der Waals surface area (Å²) in [6, 6.07) is 7.66. The van der Waals surface area contributed by atoms with Crippen molar-refractivity contribution in [3.63, 3.8) is 0 Å². The van der Waals surface area contributed by atoms with Crippen molar-refractivity contribution < 1.29 is 28.0 Å². The van der Waals surface area contributed by atoms with E-state index in [2.05, 4.69) is 10.5 Å². The number of aryl methyl sites for hydroxylation is 1. The number of hydrogen-bond donors (Lipinski definition) is 1. The van der Waals surface area contributed by atoms with Gasteiger partial charge in [0, 0.05) is 35.4 Å². The van der Waals surface area contributed by atoms with Crippen molar-refractivity contribution in [3.8, 4) is 28.5 Å². The van der Waals surface area contributed by atoms with Gasteiger partial charge in [0.05, 0.1) is 20.2 Å². The maximum atomic E-state index is 12.4. The first kappa shape index (κ1) is 20.2. The van der Waals surface area contributed by atoms with Crippen LogP contribution in [0.1, 0.15) is 24.5 Å². The maximum Gasteiger partial charge on any atom is 0.414 e. The largest absolute Gasteiger partial charge is 0.468 e. The van der Waals surface area contributed by atoms with E-state index < -0.39 is 6.09 Å². The van der Waals surface area contributed by atoms with Gasteiger partial charge in [-0.25, -0.2) is 4.79 Å². The van der Waals surface area contributed by atoms with Crippen LogP contribution in [0.4, 0.5) is 10.5 Å². The topological polar surface area (TPSA) is 107 Å². The molecule has 2 amide bonds. The molecule has 9 nitrogen and oxygen atoms in total. The molecule has 9 heteroatoms. The number of hydrogen-bond acceptors (Lipinski definition) is 7. The fourth-order valence-corrected chi connectivity index (χ4v) is 4.26. The Kier molecular flexibility index (Phi) is 5.08. The number of carbonyl (C=O) groups excluding carboxylic acids is 2. The minimum absolute atomic E-state index is 0.152. The van der Waals surface area contributed by atoms with E-state index in [-0.39, 0.29) is 12.0 Å². The fraction of sp³-hybridized carbons (Fsp3) is 0.348. The van der Waals surface area contributed by atoms with Crippen LogP contribution in [0.3, 0.4) is 0 Å². The summed E-state index contributed by atoms with van der Waals surface area (Å²) in [6.45, 7) is 2.12. The van der Waals surface area contributed by atoms with Crippen molar-refractivity contribution in [1.82, 2.24) is 10.5 Å². The standard InChI is InChI=1S/C23H23N3O6/c1-13(27)24-10-17-11-26(23(28)31-17)16-6-7-18-14(8-16)4-3-5-19-21(25-32-22(18)19)15-9-20(29-2)30-12-15/h6-9,12,17H,3-5,10-11H2,1-2H3,(H,24,27)/t17-/m0/s1. The third-order valence-electron chi connectivity index (χ3n) is 5.81. The molecule has 32 heavy (non-hydrogen) atoms. The molecule has 1 fully saturated rings. The van der Waals surface area contributed by atoms with E-state index >= 15 is 0 Å². The normalized spacial score (nSPS) is 17.4. The number of carbonyl (C=O) groups is 2. The van der Waals surface area contributed by atoms with Crippen LogP contribution in [0.25, 0.3) is 22.6 Å². The predicted molar refractivity (Wildman–Crippen MR) is 115 cm³/mol. The average molecular weight is 437 g/mol. The summed E-state index contributed by atoms with van der Waals surface area (Å²) in [4.78, 5) is 25.1. The van der Waals surface area contributed by atoms with Gasteiger partial charge in [0.15, 0.2) is 5.76 Å². The van der Waals surface area contributed by atoms with Gasteiger partial charge in [0.1, 0.15) is 18.1 Å². The zero-order valence-electron chi connectivity index (χ0n) is 17.8. The number of furan rings is 1. The molecule has 0 bridgehead atoms. The first-order valence-corrected chi connectivity index (χ1v) is 10.5. The molecule has 0 saturated carbocycles. The molecule has 2 aliphatic rings. The summed E-state index contributed by atoms with van der Waals surface area (Å²) in [5.74, 6) is 1.01. The van der Waals surface area contributed by atoms with E-state index in [1.165, 1.54) is 6.92 Å². The molecule has 2 aromatic heterocycles. The Hall–Kier alpha value is -3.75. The van der Waals surface area contributed by atoms with Crippen molar-refractivity contribution in [2.75, 3.05) is 25.1 Å². The van der Waals surface area contributed by atoms with Gasteiger partial charge in [-0.1, -0.05) is 5.16 Å². The molecule has 3 heterocycles. The van der Waals surface area contributed by atoms with Gasteiger partial charge in [0.2, 0.25) is 5.91 Å². The van der Waals surface area contributed by atoms with E-state index in [0.717, 1.165) is 58.7 Å². The Bertz CT molecular complexity index is 1180. The van der Waals surface area contributed by atoms with Crippen LogP contribution in [-0.4, -0.2) is 43.5 Å². The summed E-state index contributed by atoms with van der Waals surface area (Å²) in [5, 5.41) is 7.00. The smallest absolute Gasteiger partial charge is 0.414 e. The first-order chi connectivity index (χ1) is 15.5. The average Bonchev–Trinajstić information content (AvgIpc) is 3.48. The summed E-state index contributed by atoms with van der Waals surface area (Å²) >= 11 is 0. The number of amides is 2. The second-order valence-corrected chi connectivity index (χ2v) is 7.95. The number of anilines is 1. The van der Waals surface area contributed by atoms with Gasteiger partial charge in [0.25, 0.3) is 5.95 Å². The number of nitrogens with one attached hydrogen (secondary N) is 1. The highest BCUT2D eigenvalue weighted by atomic mass is 16.6. The number of benzene rings is 1. The predicted octanol–water partition coefficient (Wildman–Crippen LogP) is 3.56. The van der Waals surface area contributed by atoms with Crippen LogP contribution < -0.4 is 15.0 Å². The number of cyclic esters (lactones) is 1. The zero-order chi connectivity index (χ0) is 22.2. The third-order valence-corrected chi connectivity index (χ3v) is 5.81. The molecule has 1 aliphatic carbocycles. The van der Waals surface area contributed by atoms with Gasteiger partial charge < -0.3 is 23.7 Å². The number of methoxy groups -OCH3 is 1. The molecule has 1 aliphatic heterocycles. The lowest BCUT2D eigenvalue weighted by Crippen LogP contribution is -2.33. The van der Waals surface area contributed by atoms with E-state index in [0.29, 0.717) is 19.0 Å². The van der Waals surface area contributed by atoms with Crippen molar-refractivity contribution >= 4 is 17.7 Å². The Morgan fingerprint density at radius 3 is 2.97 bits per heavy atom. The molecule has 1 aromatic carbocycles. The molecule has 5 rings (SSSR count). The summed E-state index contributed by atoms with van der Waals surface area (Å²) < 4.78 is 21.7. The number of rotatable bonds is 5. The third kappa shape index (κ3) is 3.59. The van der Waals surface area contributed by atoms with E-state index in [1.807, 2.05) is 18.2 Å². The molecule has 0 radical (unpaired) electrons. The molecule has 166 valence electrons. The van der Waals surface area contributed by atoms with E-state index in [1.54, 1.807) is 24.3 Å². The van der Waals surface area contributed by atoms with Crippen LogP contribution >= 0.6 is 0 Å². The quantitative estimate of drug-likeness (QED) is 0.650. The highest BCUT2D eigenvalue weighted by molar-refractivity contribution is 5.90. The SMILES string of the molecule is COc1cc(-c2noc3c2CCCc2cc(N4C[C@H](CNC(C)=O)OC4=O)ccc2-3)co1. The molecule has 3 aromatic rings. The minimum Gasteiger partial charge on any atom is -0.468 e. The number of nitrogens with zero attached hydrogens (tertiary/aromatic N) is 2. The number of fused-ring (bicyclic) bond motifs is 3. The lowest BCUT2D eigenvalue weighted by atomic mass is 10.0. The van der Waals surface area contributed by atoms with Crippen LogP contribution in [-0.2, 0) is 22.4 Å². The fourth-order valence-electron chi connectivity index (χ4n) is 4.26. The lowest BCUT2D eigenvalue weighted by molar-refractivity contribution is -0.119. The van der Waals surface area contributed by atoms with E-state index in [4.69, 9.17) is 18.4 Å². The lowest BCUT2D eigenvalue weighted by Gasteiger charge is -2.15. The van der Waals surface area contributed by atoms with Gasteiger partial charge in [-0.2, -0.15) is 0 Å². The van der Waals surface area contributed by atoms with Crippen LogP contribution in [0.15, 0.2) is 39.5 Å². The Morgan fingerprint density at radius 1 is 1.31 bits per heavy atom.